The summed E-state index contributed by atoms with van der Waals surface area (Å²) in [6.45, 7) is 3.62. The molecular formula is C13H18N2O3. The molecule has 0 aromatic heterocycles. The van der Waals surface area contributed by atoms with E-state index in [0.29, 0.717) is 23.9 Å². The molecule has 1 aromatic carbocycles. The summed E-state index contributed by atoms with van der Waals surface area (Å²) in [7, 11) is 1.49. The number of amides is 1. The zero-order valence-corrected chi connectivity index (χ0v) is 10.6. The highest BCUT2D eigenvalue weighted by atomic mass is 16.5. The maximum absolute atomic E-state index is 12.0. The summed E-state index contributed by atoms with van der Waals surface area (Å²) in [4.78, 5) is 12.0. The summed E-state index contributed by atoms with van der Waals surface area (Å²) in [6, 6.07) is 4.83. The van der Waals surface area contributed by atoms with Gasteiger partial charge in [-0.1, -0.05) is 6.92 Å². The molecule has 3 N–H and O–H groups in total. The Morgan fingerprint density at radius 2 is 2.28 bits per heavy atom. The number of rotatable bonds is 3. The summed E-state index contributed by atoms with van der Waals surface area (Å²) >= 11 is 0. The van der Waals surface area contributed by atoms with Gasteiger partial charge in [-0.3, -0.25) is 4.79 Å². The van der Waals surface area contributed by atoms with Crippen molar-refractivity contribution in [3.63, 3.8) is 0 Å². The van der Waals surface area contributed by atoms with Crippen LogP contribution in [0.25, 0.3) is 0 Å². The van der Waals surface area contributed by atoms with E-state index >= 15 is 0 Å². The Balaban J connectivity index is 2.05. The van der Waals surface area contributed by atoms with Crippen molar-refractivity contribution < 1.29 is 14.6 Å². The van der Waals surface area contributed by atoms with E-state index in [-0.39, 0.29) is 17.6 Å². The first-order valence-corrected chi connectivity index (χ1v) is 6.00. The third-order valence-corrected chi connectivity index (χ3v) is 3.30. The van der Waals surface area contributed by atoms with Gasteiger partial charge in [0.1, 0.15) is 0 Å². The Hall–Kier alpha value is -1.75. The molecule has 98 valence electrons. The van der Waals surface area contributed by atoms with Gasteiger partial charge in [-0.15, -0.1) is 0 Å². The van der Waals surface area contributed by atoms with Gasteiger partial charge in [0.2, 0.25) is 5.91 Å². The molecule has 2 rings (SSSR count). The number of phenols is 1. The molecule has 1 aromatic rings. The number of ether oxygens (including phenoxy) is 1. The van der Waals surface area contributed by atoms with E-state index in [1.165, 1.54) is 13.2 Å². The van der Waals surface area contributed by atoms with E-state index in [9.17, 15) is 9.90 Å². The molecule has 1 saturated heterocycles. The molecule has 1 aliphatic rings. The number of phenolic OH excluding ortho intramolecular Hbond substituents is 1. The van der Waals surface area contributed by atoms with Gasteiger partial charge in [-0.25, -0.2) is 0 Å². The molecule has 1 aliphatic heterocycles. The van der Waals surface area contributed by atoms with Crippen molar-refractivity contribution in [1.29, 1.82) is 0 Å². The SMILES string of the molecule is COc1ccc(NC(=O)[C@@H]2CNC[C@H]2C)cc1O. The van der Waals surface area contributed by atoms with E-state index in [1.54, 1.807) is 12.1 Å². The third kappa shape index (κ3) is 2.56. The lowest BCUT2D eigenvalue weighted by Gasteiger charge is -2.14. The lowest BCUT2D eigenvalue weighted by atomic mass is 9.97. The van der Waals surface area contributed by atoms with Crippen LogP contribution in [0.3, 0.4) is 0 Å². The molecule has 1 fully saturated rings. The van der Waals surface area contributed by atoms with Crippen LogP contribution in [0, 0.1) is 11.8 Å². The van der Waals surface area contributed by atoms with Gasteiger partial charge in [0.15, 0.2) is 11.5 Å². The quantitative estimate of drug-likeness (QED) is 0.753. The van der Waals surface area contributed by atoms with Gasteiger partial charge < -0.3 is 20.5 Å². The normalized spacial score (nSPS) is 22.8. The van der Waals surface area contributed by atoms with Gasteiger partial charge in [0.05, 0.1) is 13.0 Å². The molecule has 0 spiro atoms. The monoisotopic (exact) mass is 250 g/mol. The van der Waals surface area contributed by atoms with Crippen LogP contribution in [-0.4, -0.2) is 31.2 Å². The van der Waals surface area contributed by atoms with Crippen molar-refractivity contribution in [2.75, 3.05) is 25.5 Å². The lowest BCUT2D eigenvalue weighted by molar-refractivity contribution is -0.120. The van der Waals surface area contributed by atoms with Gasteiger partial charge in [0.25, 0.3) is 0 Å². The predicted octanol–water partition coefficient (Wildman–Crippen LogP) is 1.19. The molecule has 2 atom stereocenters. The van der Waals surface area contributed by atoms with Crippen LogP contribution in [0.2, 0.25) is 0 Å². The van der Waals surface area contributed by atoms with Crippen LogP contribution in [0.5, 0.6) is 11.5 Å². The second-order valence-corrected chi connectivity index (χ2v) is 4.62. The summed E-state index contributed by atoms with van der Waals surface area (Å²) < 4.78 is 4.95. The number of nitrogens with one attached hydrogen (secondary N) is 2. The van der Waals surface area contributed by atoms with E-state index in [1.807, 2.05) is 0 Å². The fraction of sp³-hybridized carbons (Fsp3) is 0.462. The Kier molecular flexibility index (Phi) is 3.72. The highest BCUT2D eigenvalue weighted by Gasteiger charge is 2.29. The predicted molar refractivity (Wildman–Crippen MR) is 68.8 cm³/mol. The molecule has 0 radical (unpaired) electrons. The Morgan fingerprint density at radius 1 is 1.50 bits per heavy atom. The minimum absolute atomic E-state index is 0.0166. The Labute approximate surface area is 106 Å². The van der Waals surface area contributed by atoms with Crippen LogP contribution in [0.15, 0.2) is 18.2 Å². The van der Waals surface area contributed by atoms with Crippen molar-refractivity contribution in [2.45, 2.75) is 6.92 Å². The zero-order valence-electron chi connectivity index (χ0n) is 10.6. The molecule has 5 nitrogen and oxygen atoms in total. The van der Waals surface area contributed by atoms with Gasteiger partial charge in [-0.2, -0.15) is 0 Å². The molecule has 1 amide bonds. The molecule has 0 unspecified atom stereocenters. The summed E-state index contributed by atoms with van der Waals surface area (Å²) in [5.74, 6) is 0.708. The molecule has 1 heterocycles. The molecule has 0 saturated carbocycles. The number of hydrogen-bond acceptors (Lipinski definition) is 4. The second kappa shape index (κ2) is 5.27. The van der Waals surface area contributed by atoms with Crippen molar-refractivity contribution in [2.24, 2.45) is 11.8 Å². The van der Waals surface area contributed by atoms with Crippen molar-refractivity contribution in [1.82, 2.24) is 5.32 Å². The maximum Gasteiger partial charge on any atom is 0.229 e. The van der Waals surface area contributed by atoms with E-state index in [0.717, 1.165) is 6.54 Å². The van der Waals surface area contributed by atoms with Crippen molar-refractivity contribution in [3.05, 3.63) is 18.2 Å². The molecule has 18 heavy (non-hydrogen) atoms. The summed E-state index contributed by atoms with van der Waals surface area (Å²) in [5, 5.41) is 15.6. The minimum atomic E-state index is -0.0192. The van der Waals surface area contributed by atoms with Crippen LogP contribution < -0.4 is 15.4 Å². The Morgan fingerprint density at radius 3 is 2.83 bits per heavy atom. The standard InChI is InChI=1S/C13H18N2O3/c1-8-6-14-7-10(8)13(17)15-9-3-4-12(18-2)11(16)5-9/h3-5,8,10,14,16H,6-7H2,1-2H3,(H,15,17)/t8-,10-/m1/s1. The molecular weight excluding hydrogens is 232 g/mol. The second-order valence-electron chi connectivity index (χ2n) is 4.62. The molecule has 0 bridgehead atoms. The number of aromatic hydroxyl groups is 1. The average molecular weight is 250 g/mol. The number of hydrogen-bond donors (Lipinski definition) is 3. The minimum Gasteiger partial charge on any atom is -0.504 e. The first kappa shape index (κ1) is 12.7. The number of carbonyl (C=O) groups excluding carboxylic acids is 1. The smallest absolute Gasteiger partial charge is 0.229 e. The van der Waals surface area contributed by atoms with Crippen LogP contribution >= 0.6 is 0 Å². The summed E-state index contributed by atoms with van der Waals surface area (Å²) in [6.07, 6.45) is 0. The highest BCUT2D eigenvalue weighted by Crippen LogP contribution is 2.29. The average Bonchev–Trinajstić information content (AvgIpc) is 2.76. The first-order chi connectivity index (χ1) is 8.61. The highest BCUT2D eigenvalue weighted by molar-refractivity contribution is 5.93. The topological polar surface area (TPSA) is 70.6 Å². The maximum atomic E-state index is 12.0. The van der Waals surface area contributed by atoms with Gasteiger partial charge in [0, 0.05) is 18.3 Å². The largest absolute Gasteiger partial charge is 0.504 e. The van der Waals surface area contributed by atoms with E-state index in [4.69, 9.17) is 4.74 Å². The van der Waals surface area contributed by atoms with E-state index in [2.05, 4.69) is 17.6 Å². The Bertz CT molecular complexity index is 448. The molecule has 0 aliphatic carbocycles. The third-order valence-electron chi connectivity index (χ3n) is 3.30. The first-order valence-electron chi connectivity index (χ1n) is 6.00. The van der Waals surface area contributed by atoms with Gasteiger partial charge >= 0.3 is 0 Å². The number of methoxy groups -OCH3 is 1. The van der Waals surface area contributed by atoms with Crippen LogP contribution in [0.4, 0.5) is 5.69 Å². The van der Waals surface area contributed by atoms with Crippen LogP contribution in [-0.2, 0) is 4.79 Å². The zero-order chi connectivity index (χ0) is 13.1. The molecule has 5 heteroatoms. The lowest BCUT2D eigenvalue weighted by Crippen LogP contribution is -2.27. The number of carbonyl (C=O) groups is 1. The fourth-order valence-electron chi connectivity index (χ4n) is 2.16. The fourth-order valence-corrected chi connectivity index (χ4v) is 2.16. The van der Waals surface area contributed by atoms with E-state index < -0.39 is 0 Å². The van der Waals surface area contributed by atoms with Crippen molar-refractivity contribution in [3.8, 4) is 11.5 Å². The summed E-state index contributed by atoms with van der Waals surface area (Å²) in [5.41, 5.74) is 0.581. The van der Waals surface area contributed by atoms with Crippen LogP contribution in [0.1, 0.15) is 6.92 Å². The number of anilines is 1. The van der Waals surface area contributed by atoms with Crippen molar-refractivity contribution >= 4 is 11.6 Å². The van der Waals surface area contributed by atoms with Gasteiger partial charge in [-0.05, 0) is 24.6 Å². The number of benzene rings is 1.